The number of phenolic OH excluding ortho intramolecular Hbond substituents is 1. The van der Waals surface area contributed by atoms with Gasteiger partial charge >= 0.3 is 0 Å². The van der Waals surface area contributed by atoms with Gasteiger partial charge in [0.1, 0.15) is 5.56 Å². The van der Waals surface area contributed by atoms with Crippen LogP contribution >= 0.6 is 11.6 Å². The standard InChI is InChI=1S/C17H18ClN3O4/c1-3-21-7-5-6-12(17(21)24)16(23)20-19-10-11-8-13(18)15(22)14(9-11)25-4-2/h5-10,22H,3-4H2,1-2H3,(H,20,23)/b19-10-. The summed E-state index contributed by atoms with van der Waals surface area (Å²) in [6.45, 7) is 4.41. The molecular weight excluding hydrogens is 346 g/mol. The molecule has 0 saturated carbocycles. The van der Waals surface area contributed by atoms with Gasteiger partial charge in [0, 0.05) is 12.7 Å². The molecule has 1 aromatic carbocycles. The molecule has 2 N–H and O–H groups in total. The summed E-state index contributed by atoms with van der Waals surface area (Å²) in [5.41, 5.74) is 2.43. The van der Waals surface area contributed by atoms with Crippen molar-refractivity contribution in [3.8, 4) is 11.5 Å². The second-order valence-electron chi connectivity index (χ2n) is 4.99. The fraction of sp³-hybridized carbons (Fsp3) is 0.235. The number of amides is 1. The largest absolute Gasteiger partial charge is 0.503 e. The molecule has 0 bridgehead atoms. The third-order valence-corrected chi connectivity index (χ3v) is 3.62. The van der Waals surface area contributed by atoms with E-state index in [9.17, 15) is 14.7 Å². The van der Waals surface area contributed by atoms with Crippen LogP contribution in [0.5, 0.6) is 11.5 Å². The number of hydrogen-bond acceptors (Lipinski definition) is 5. The van der Waals surface area contributed by atoms with Crippen molar-refractivity contribution in [1.82, 2.24) is 9.99 Å². The van der Waals surface area contributed by atoms with Gasteiger partial charge in [-0.3, -0.25) is 9.59 Å². The Morgan fingerprint density at radius 3 is 2.88 bits per heavy atom. The van der Waals surface area contributed by atoms with Gasteiger partial charge in [0.15, 0.2) is 11.5 Å². The average molecular weight is 364 g/mol. The van der Waals surface area contributed by atoms with Crippen LogP contribution in [0.4, 0.5) is 0 Å². The zero-order chi connectivity index (χ0) is 18.4. The summed E-state index contributed by atoms with van der Waals surface area (Å²) in [5.74, 6) is -0.551. The Labute approximate surface area is 149 Å². The van der Waals surface area contributed by atoms with Crippen LogP contribution < -0.4 is 15.7 Å². The minimum Gasteiger partial charge on any atom is -0.503 e. The van der Waals surface area contributed by atoms with Crippen molar-refractivity contribution < 1.29 is 14.6 Å². The quantitative estimate of drug-likeness (QED) is 0.608. The Bertz CT molecular complexity index is 861. The Kier molecular flexibility index (Phi) is 6.19. The number of phenols is 1. The number of nitrogens with one attached hydrogen (secondary N) is 1. The van der Waals surface area contributed by atoms with Crippen LogP contribution in [0.25, 0.3) is 0 Å². The summed E-state index contributed by atoms with van der Waals surface area (Å²) in [7, 11) is 0. The van der Waals surface area contributed by atoms with E-state index in [1.165, 1.54) is 29.0 Å². The Balaban J connectivity index is 2.16. The van der Waals surface area contributed by atoms with Gasteiger partial charge in [0.25, 0.3) is 11.5 Å². The number of hydrogen-bond donors (Lipinski definition) is 2. The summed E-state index contributed by atoms with van der Waals surface area (Å²) in [5, 5.41) is 13.7. The lowest BCUT2D eigenvalue weighted by atomic mass is 10.2. The molecule has 0 aliphatic heterocycles. The van der Waals surface area contributed by atoms with E-state index >= 15 is 0 Å². The molecule has 0 unspecified atom stereocenters. The lowest BCUT2D eigenvalue weighted by Gasteiger charge is -2.08. The van der Waals surface area contributed by atoms with Gasteiger partial charge in [-0.05, 0) is 43.7 Å². The lowest BCUT2D eigenvalue weighted by molar-refractivity contribution is 0.0953. The van der Waals surface area contributed by atoms with E-state index in [2.05, 4.69) is 10.5 Å². The first-order valence-electron chi connectivity index (χ1n) is 7.66. The molecule has 25 heavy (non-hydrogen) atoms. The second-order valence-corrected chi connectivity index (χ2v) is 5.40. The molecule has 1 aromatic heterocycles. The minimum absolute atomic E-state index is 0.000226. The van der Waals surface area contributed by atoms with Crippen LogP contribution in [0.2, 0.25) is 5.02 Å². The SMILES string of the molecule is CCOc1cc(/C=N\NC(=O)c2cccn(CC)c2=O)cc(Cl)c1O. The van der Waals surface area contributed by atoms with Crippen molar-refractivity contribution in [3.05, 3.63) is 57.0 Å². The van der Waals surface area contributed by atoms with Gasteiger partial charge in [-0.1, -0.05) is 11.6 Å². The van der Waals surface area contributed by atoms with Crippen molar-refractivity contribution in [2.75, 3.05) is 6.61 Å². The first kappa shape index (κ1) is 18.5. The summed E-state index contributed by atoms with van der Waals surface area (Å²) >= 11 is 5.92. The third-order valence-electron chi connectivity index (χ3n) is 3.34. The summed E-state index contributed by atoms with van der Waals surface area (Å²) in [6.07, 6.45) is 2.95. The smallest absolute Gasteiger partial charge is 0.276 e. The number of benzene rings is 1. The van der Waals surface area contributed by atoms with E-state index in [1.54, 1.807) is 19.2 Å². The van der Waals surface area contributed by atoms with Crippen molar-refractivity contribution >= 4 is 23.7 Å². The highest BCUT2D eigenvalue weighted by Crippen LogP contribution is 2.34. The maximum atomic E-state index is 12.1. The fourth-order valence-corrected chi connectivity index (χ4v) is 2.34. The molecular formula is C17H18ClN3O4. The van der Waals surface area contributed by atoms with Gasteiger partial charge < -0.3 is 14.4 Å². The average Bonchev–Trinajstić information content (AvgIpc) is 2.59. The molecule has 1 heterocycles. The van der Waals surface area contributed by atoms with Crippen molar-refractivity contribution in [2.24, 2.45) is 5.10 Å². The van der Waals surface area contributed by atoms with Gasteiger partial charge in [0.2, 0.25) is 0 Å². The number of hydrazone groups is 1. The third kappa shape index (κ3) is 4.39. The molecule has 1 amide bonds. The number of aromatic hydroxyl groups is 1. The molecule has 7 nitrogen and oxygen atoms in total. The summed E-state index contributed by atoms with van der Waals surface area (Å²) < 4.78 is 6.69. The highest BCUT2D eigenvalue weighted by atomic mass is 35.5. The highest BCUT2D eigenvalue weighted by Gasteiger charge is 2.11. The first-order chi connectivity index (χ1) is 12.0. The maximum Gasteiger partial charge on any atom is 0.276 e. The maximum absolute atomic E-state index is 12.1. The Morgan fingerprint density at radius 2 is 2.20 bits per heavy atom. The molecule has 2 aromatic rings. The van der Waals surface area contributed by atoms with Gasteiger partial charge in [0.05, 0.1) is 17.8 Å². The number of nitrogens with zero attached hydrogens (tertiary/aromatic N) is 2. The van der Waals surface area contributed by atoms with Crippen molar-refractivity contribution in [1.29, 1.82) is 0 Å². The molecule has 2 rings (SSSR count). The van der Waals surface area contributed by atoms with Crippen LogP contribution in [0.1, 0.15) is 29.8 Å². The zero-order valence-electron chi connectivity index (χ0n) is 13.8. The molecule has 0 fully saturated rings. The minimum atomic E-state index is -0.612. The van der Waals surface area contributed by atoms with Crippen LogP contribution in [0.15, 0.2) is 40.4 Å². The lowest BCUT2D eigenvalue weighted by Crippen LogP contribution is -2.30. The zero-order valence-corrected chi connectivity index (χ0v) is 14.6. The number of aromatic nitrogens is 1. The van der Waals surface area contributed by atoms with E-state index in [0.717, 1.165) is 0 Å². The predicted octanol–water partition coefficient (Wildman–Crippen LogP) is 2.39. The van der Waals surface area contributed by atoms with E-state index in [1.807, 2.05) is 6.92 Å². The number of ether oxygens (including phenoxy) is 1. The topological polar surface area (TPSA) is 92.9 Å². The molecule has 0 aliphatic rings. The van der Waals surface area contributed by atoms with Crippen LogP contribution in [-0.4, -0.2) is 28.4 Å². The molecule has 0 aliphatic carbocycles. The predicted molar refractivity (Wildman–Crippen MR) is 95.7 cm³/mol. The fourth-order valence-electron chi connectivity index (χ4n) is 2.12. The number of halogens is 1. The van der Waals surface area contributed by atoms with Crippen LogP contribution in [0.3, 0.4) is 0 Å². The van der Waals surface area contributed by atoms with E-state index in [4.69, 9.17) is 16.3 Å². The van der Waals surface area contributed by atoms with Crippen LogP contribution in [0, 0.1) is 0 Å². The highest BCUT2D eigenvalue weighted by molar-refractivity contribution is 6.32. The molecule has 0 radical (unpaired) electrons. The number of carbonyl (C=O) groups excluding carboxylic acids is 1. The van der Waals surface area contributed by atoms with Gasteiger partial charge in [-0.2, -0.15) is 5.10 Å². The summed E-state index contributed by atoms with van der Waals surface area (Å²) in [6, 6.07) is 6.07. The second kappa shape index (κ2) is 8.34. The monoisotopic (exact) mass is 363 g/mol. The van der Waals surface area contributed by atoms with Crippen molar-refractivity contribution in [3.63, 3.8) is 0 Å². The molecule has 0 atom stereocenters. The molecule has 132 valence electrons. The molecule has 8 heteroatoms. The Hall–Kier alpha value is -2.80. The van der Waals surface area contributed by atoms with E-state index < -0.39 is 5.91 Å². The molecule has 0 saturated heterocycles. The van der Waals surface area contributed by atoms with E-state index in [-0.39, 0.29) is 27.6 Å². The van der Waals surface area contributed by atoms with Gasteiger partial charge in [-0.25, -0.2) is 5.43 Å². The normalized spacial score (nSPS) is 10.8. The van der Waals surface area contributed by atoms with Crippen molar-refractivity contribution in [2.45, 2.75) is 20.4 Å². The number of aryl methyl sites for hydroxylation is 1. The number of rotatable bonds is 6. The molecule has 0 spiro atoms. The van der Waals surface area contributed by atoms with Gasteiger partial charge in [-0.15, -0.1) is 0 Å². The number of carbonyl (C=O) groups is 1. The Morgan fingerprint density at radius 1 is 1.44 bits per heavy atom. The number of pyridine rings is 1. The summed E-state index contributed by atoms with van der Waals surface area (Å²) in [4.78, 5) is 24.1. The first-order valence-corrected chi connectivity index (χ1v) is 8.03. The van der Waals surface area contributed by atoms with Crippen LogP contribution in [-0.2, 0) is 6.54 Å². The van der Waals surface area contributed by atoms with E-state index in [0.29, 0.717) is 18.7 Å².